The molecule has 0 atom stereocenters. The summed E-state index contributed by atoms with van der Waals surface area (Å²) in [5, 5.41) is 0. The normalized spacial score (nSPS) is 7.10. The monoisotopic (exact) mass is 165 g/mol. The van der Waals surface area contributed by atoms with Gasteiger partial charge in [-0.15, -0.1) is 0 Å². The van der Waals surface area contributed by atoms with Crippen molar-refractivity contribution >= 4 is 16.4 Å². The molecule has 0 fully saturated rings. The van der Waals surface area contributed by atoms with Crippen LogP contribution >= 0.6 is 0 Å². The van der Waals surface area contributed by atoms with E-state index in [0.717, 1.165) is 6.92 Å². The molecule has 5 heteroatoms. The lowest BCUT2D eigenvalue weighted by Gasteiger charge is -1.62. The first-order chi connectivity index (χ1) is 4.54. The van der Waals surface area contributed by atoms with E-state index in [-0.39, 0.29) is 0 Å². The molecule has 0 saturated carbocycles. The maximum atomic E-state index is 9.69. The number of carbonyl (C=O) groups excluding carboxylic acids is 1. The van der Waals surface area contributed by atoms with Gasteiger partial charge < -0.3 is 0 Å². The van der Waals surface area contributed by atoms with Crippen molar-refractivity contribution < 1.29 is 13.2 Å². The molecule has 0 aliphatic rings. The van der Waals surface area contributed by atoms with Gasteiger partial charge in [0.1, 0.15) is 0 Å². The van der Waals surface area contributed by atoms with Gasteiger partial charge in [-0.1, -0.05) is 24.6 Å². The number of hydrogen-bond donors (Lipinski definition) is 0. The number of nitrogens with zero attached hydrogens (tertiary/aromatic N) is 1. The van der Waals surface area contributed by atoms with E-state index >= 15 is 0 Å². The van der Waals surface area contributed by atoms with Gasteiger partial charge in [0.15, 0.2) is 0 Å². The van der Waals surface area contributed by atoms with Crippen LogP contribution in [0.5, 0.6) is 0 Å². The van der Waals surface area contributed by atoms with Crippen LogP contribution in [-0.2, 0) is 15.3 Å². The van der Waals surface area contributed by atoms with Crippen LogP contribution in [0.2, 0.25) is 0 Å². The van der Waals surface area contributed by atoms with Gasteiger partial charge in [0, 0.05) is 6.92 Å². The maximum Gasteiger partial charge on any atom is 0.319 e. The van der Waals surface area contributed by atoms with Crippen LogP contribution < -0.4 is 0 Å². The van der Waals surface area contributed by atoms with E-state index in [1.165, 1.54) is 6.42 Å². The lowest BCUT2D eigenvalue weighted by Crippen LogP contribution is -1.77. The SMILES string of the molecule is CC(=O)N=S(=O)=O.CCC. The van der Waals surface area contributed by atoms with Gasteiger partial charge in [0.25, 0.3) is 5.91 Å². The van der Waals surface area contributed by atoms with Crippen LogP contribution in [-0.4, -0.2) is 14.3 Å². The molecule has 1 amide bonds. The van der Waals surface area contributed by atoms with E-state index in [9.17, 15) is 13.2 Å². The number of carbonyl (C=O) groups is 1. The third-order valence-electron chi connectivity index (χ3n) is 0.203. The molecule has 0 rings (SSSR count). The van der Waals surface area contributed by atoms with Gasteiger partial charge in [0.05, 0.1) is 0 Å². The summed E-state index contributed by atoms with van der Waals surface area (Å²) in [4.78, 5) is 9.69. The summed E-state index contributed by atoms with van der Waals surface area (Å²) in [6.07, 6.45) is 1.25. The molecule has 0 N–H and O–H groups in total. The number of rotatable bonds is 0. The molecule has 0 bridgehead atoms. The summed E-state index contributed by atoms with van der Waals surface area (Å²) in [5.41, 5.74) is 0. The third kappa shape index (κ3) is 26.6. The summed E-state index contributed by atoms with van der Waals surface area (Å²) < 4.78 is 21.4. The van der Waals surface area contributed by atoms with Crippen LogP contribution in [0.15, 0.2) is 4.36 Å². The average molecular weight is 165 g/mol. The first-order valence-electron chi connectivity index (χ1n) is 2.86. The van der Waals surface area contributed by atoms with Crippen LogP contribution in [0, 0.1) is 0 Å². The molecular formula is C5H11NO3S. The van der Waals surface area contributed by atoms with Crippen molar-refractivity contribution in [1.29, 1.82) is 0 Å². The van der Waals surface area contributed by atoms with Crippen molar-refractivity contribution in [3.63, 3.8) is 0 Å². The van der Waals surface area contributed by atoms with Crippen molar-refractivity contribution in [3.05, 3.63) is 0 Å². The fourth-order valence-corrected chi connectivity index (χ4v) is 0.315. The molecule has 0 unspecified atom stereocenters. The van der Waals surface area contributed by atoms with Gasteiger partial charge in [-0.25, -0.2) is 0 Å². The van der Waals surface area contributed by atoms with Crippen LogP contribution in [0.4, 0.5) is 0 Å². The molecule has 0 aromatic carbocycles. The highest BCUT2D eigenvalue weighted by molar-refractivity contribution is 7.62. The molecule has 0 aromatic rings. The fraction of sp³-hybridized carbons (Fsp3) is 0.800. The Kier molecular flexibility index (Phi) is 9.96. The van der Waals surface area contributed by atoms with E-state index in [4.69, 9.17) is 0 Å². The zero-order valence-electron chi connectivity index (χ0n) is 6.29. The molecule has 4 nitrogen and oxygen atoms in total. The summed E-state index contributed by atoms with van der Waals surface area (Å²) in [6, 6.07) is 0. The minimum atomic E-state index is -2.57. The van der Waals surface area contributed by atoms with Crippen molar-refractivity contribution in [3.8, 4) is 0 Å². The molecule has 0 heterocycles. The second kappa shape index (κ2) is 8.29. The molecular weight excluding hydrogens is 154 g/mol. The van der Waals surface area contributed by atoms with Crippen molar-refractivity contribution in [1.82, 2.24) is 0 Å². The lowest BCUT2D eigenvalue weighted by molar-refractivity contribution is -0.115. The predicted molar refractivity (Wildman–Crippen MR) is 38.0 cm³/mol. The molecule has 0 radical (unpaired) electrons. The van der Waals surface area contributed by atoms with E-state index in [0.29, 0.717) is 0 Å². The highest BCUT2D eigenvalue weighted by atomic mass is 32.2. The standard InChI is InChI=1S/C3H8.C2H3NO3S/c1-3-2;1-2(4)3-7(5)6/h3H2,1-2H3;1H3. The Morgan fingerprint density at radius 1 is 1.40 bits per heavy atom. The minimum Gasteiger partial charge on any atom is -0.272 e. The Labute approximate surface area is 62.0 Å². The highest BCUT2D eigenvalue weighted by Crippen LogP contribution is 1.65. The zero-order valence-corrected chi connectivity index (χ0v) is 7.10. The summed E-state index contributed by atoms with van der Waals surface area (Å²) in [7, 11) is -2.57. The average Bonchev–Trinajstić information content (AvgIpc) is 1.62. The largest absolute Gasteiger partial charge is 0.319 e. The fourth-order valence-electron chi connectivity index (χ4n) is 0.105. The van der Waals surface area contributed by atoms with Gasteiger partial charge in [-0.2, -0.15) is 8.42 Å². The Morgan fingerprint density at radius 3 is 1.70 bits per heavy atom. The number of hydrogen-bond acceptors (Lipinski definition) is 3. The van der Waals surface area contributed by atoms with Crippen LogP contribution in [0.1, 0.15) is 27.2 Å². The smallest absolute Gasteiger partial charge is 0.272 e. The second-order valence-electron chi connectivity index (χ2n) is 1.53. The van der Waals surface area contributed by atoms with Crippen molar-refractivity contribution in [2.75, 3.05) is 0 Å². The second-order valence-corrected chi connectivity index (χ2v) is 2.15. The topological polar surface area (TPSA) is 63.6 Å². The molecule has 0 saturated heterocycles. The third-order valence-corrected chi connectivity index (χ3v) is 0.609. The molecule has 0 spiro atoms. The summed E-state index contributed by atoms with van der Waals surface area (Å²) >= 11 is 0. The summed E-state index contributed by atoms with van der Waals surface area (Å²) in [6.45, 7) is 5.32. The van der Waals surface area contributed by atoms with Gasteiger partial charge in [-0.3, -0.25) is 4.79 Å². The Morgan fingerprint density at radius 2 is 1.70 bits per heavy atom. The minimum absolute atomic E-state index is 0.701. The molecule has 0 aromatic heterocycles. The first-order valence-corrected chi connectivity index (χ1v) is 3.89. The van der Waals surface area contributed by atoms with Crippen LogP contribution in [0.3, 0.4) is 0 Å². The molecule has 60 valence electrons. The maximum absolute atomic E-state index is 9.69. The Bertz CT molecular complexity index is 197. The van der Waals surface area contributed by atoms with Gasteiger partial charge >= 0.3 is 10.5 Å². The van der Waals surface area contributed by atoms with E-state index in [2.05, 4.69) is 18.2 Å². The molecule has 0 aliphatic heterocycles. The highest BCUT2D eigenvalue weighted by Gasteiger charge is 1.80. The van der Waals surface area contributed by atoms with Gasteiger partial charge in [0.2, 0.25) is 0 Å². The van der Waals surface area contributed by atoms with E-state index in [1.807, 2.05) is 0 Å². The first kappa shape index (κ1) is 12.0. The predicted octanol–water partition coefficient (Wildman–Crippen LogP) is 1.01. The molecule has 10 heavy (non-hydrogen) atoms. The van der Waals surface area contributed by atoms with E-state index in [1.54, 1.807) is 0 Å². The Hall–Kier alpha value is -0.710. The number of amides is 1. The lowest BCUT2D eigenvalue weighted by atomic mass is 10.6. The quantitative estimate of drug-likeness (QED) is 0.538. The van der Waals surface area contributed by atoms with Crippen molar-refractivity contribution in [2.45, 2.75) is 27.2 Å². The van der Waals surface area contributed by atoms with E-state index < -0.39 is 16.4 Å². The van der Waals surface area contributed by atoms with Crippen LogP contribution in [0.25, 0.3) is 0 Å². The van der Waals surface area contributed by atoms with Gasteiger partial charge in [-0.05, 0) is 0 Å². The molecule has 0 aliphatic carbocycles. The zero-order chi connectivity index (χ0) is 8.57. The Balaban J connectivity index is 0. The van der Waals surface area contributed by atoms with Crippen molar-refractivity contribution in [2.24, 2.45) is 4.36 Å². The summed E-state index contributed by atoms with van der Waals surface area (Å²) in [5.74, 6) is -0.701.